The Morgan fingerprint density at radius 1 is 1.25 bits per heavy atom. The maximum atomic E-state index is 12.2. The second kappa shape index (κ2) is 6.09. The van der Waals surface area contributed by atoms with Crippen LogP contribution in [-0.4, -0.2) is 5.91 Å². The first-order valence-corrected chi connectivity index (χ1v) is 7.19. The van der Waals surface area contributed by atoms with Crippen molar-refractivity contribution in [2.24, 2.45) is 0 Å². The number of nitrogens with one attached hydrogen (secondary N) is 1. The van der Waals surface area contributed by atoms with Crippen LogP contribution in [0.15, 0.2) is 46.9 Å². The third-order valence-corrected chi connectivity index (χ3v) is 3.95. The van der Waals surface area contributed by atoms with Crippen molar-refractivity contribution in [1.82, 2.24) is 5.32 Å². The van der Waals surface area contributed by atoms with E-state index in [1.165, 1.54) is 5.56 Å². The fourth-order valence-corrected chi connectivity index (χ4v) is 2.48. The van der Waals surface area contributed by atoms with E-state index in [2.05, 4.69) is 21.2 Å². The average Bonchev–Trinajstić information content (AvgIpc) is 2.42. The van der Waals surface area contributed by atoms with Crippen molar-refractivity contribution in [2.45, 2.75) is 19.9 Å². The average molecular weight is 333 g/mol. The van der Waals surface area contributed by atoms with E-state index in [-0.39, 0.29) is 11.9 Å². The topological polar surface area (TPSA) is 55.1 Å². The molecule has 3 N–H and O–H groups in total. The maximum Gasteiger partial charge on any atom is 0.251 e. The van der Waals surface area contributed by atoms with Crippen LogP contribution in [0.4, 0.5) is 5.69 Å². The second-order valence-electron chi connectivity index (χ2n) is 4.79. The van der Waals surface area contributed by atoms with Gasteiger partial charge in [-0.1, -0.05) is 24.3 Å². The van der Waals surface area contributed by atoms with Gasteiger partial charge >= 0.3 is 0 Å². The van der Waals surface area contributed by atoms with Crippen LogP contribution in [0.1, 0.15) is 34.5 Å². The number of carbonyl (C=O) groups excluding carboxylic acids is 1. The van der Waals surface area contributed by atoms with Gasteiger partial charge in [-0.15, -0.1) is 0 Å². The molecular weight excluding hydrogens is 316 g/mol. The quantitative estimate of drug-likeness (QED) is 0.839. The summed E-state index contributed by atoms with van der Waals surface area (Å²) in [5.74, 6) is -0.110. The molecular formula is C16H17BrN2O. The van der Waals surface area contributed by atoms with Gasteiger partial charge in [0, 0.05) is 15.7 Å². The first-order chi connectivity index (χ1) is 9.49. The highest BCUT2D eigenvalue weighted by Crippen LogP contribution is 2.21. The highest BCUT2D eigenvalue weighted by Gasteiger charge is 2.13. The molecule has 0 saturated heterocycles. The van der Waals surface area contributed by atoms with E-state index in [9.17, 15) is 4.79 Å². The van der Waals surface area contributed by atoms with Crippen LogP contribution >= 0.6 is 15.9 Å². The van der Waals surface area contributed by atoms with Gasteiger partial charge in [0.1, 0.15) is 0 Å². The van der Waals surface area contributed by atoms with Crippen LogP contribution < -0.4 is 11.1 Å². The molecule has 0 saturated carbocycles. The van der Waals surface area contributed by atoms with Crippen molar-refractivity contribution in [3.63, 3.8) is 0 Å². The Hall–Kier alpha value is -1.81. The lowest BCUT2D eigenvalue weighted by molar-refractivity contribution is 0.0940. The van der Waals surface area contributed by atoms with Crippen LogP contribution in [0, 0.1) is 6.92 Å². The highest BCUT2D eigenvalue weighted by molar-refractivity contribution is 9.10. The predicted octanol–water partition coefficient (Wildman–Crippen LogP) is 3.83. The molecule has 20 heavy (non-hydrogen) atoms. The monoisotopic (exact) mass is 332 g/mol. The number of aryl methyl sites for hydroxylation is 1. The van der Waals surface area contributed by atoms with E-state index in [0.29, 0.717) is 11.3 Å². The van der Waals surface area contributed by atoms with Crippen molar-refractivity contribution in [2.75, 3.05) is 5.73 Å². The van der Waals surface area contributed by atoms with Crippen LogP contribution in [0.3, 0.4) is 0 Å². The Morgan fingerprint density at radius 3 is 2.60 bits per heavy atom. The summed E-state index contributed by atoms with van der Waals surface area (Å²) in [4.78, 5) is 12.2. The van der Waals surface area contributed by atoms with E-state index in [1.807, 2.05) is 38.1 Å². The summed E-state index contributed by atoms with van der Waals surface area (Å²) in [6, 6.07) is 13.2. The standard InChI is InChI=1S/C16H17BrN2O/c1-10-5-3-4-6-13(10)11(2)19-16(20)12-7-8-15(18)14(17)9-12/h3-9,11H,18H2,1-2H3,(H,19,20)/t11-/m0/s1. The molecule has 0 unspecified atom stereocenters. The van der Waals surface area contributed by atoms with Gasteiger partial charge in [0.15, 0.2) is 0 Å². The van der Waals surface area contributed by atoms with Crippen molar-refractivity contribution >= 4 is 27.5 Å². The van der Waals surface area contributed by atoms with Crippen molar-refractivity contribution < 1.29 is 4.79 Å². The summed E-state index contributed by atoms with van der Waals surface area (Å²) in [5, 5.41) is 3.00. The second-order valence-corrected chi connectivity index (χ2v) is 5.64. The van der Waals surface area contributed by atoms with Crippen LogP contribution in [-0.2, 0) is 0 Å². The lowest BCUT2D eigenvalue weighted by atomic mass is 10.0. The van der Waals surface area contributed by atoms with Gasteiger partial charge in [-0.2, -0.15) is 0 Å². The molecule has 3 nitrogen and oxygen atoms in total. The normalized spacial score (nSPS) is 11.9. The van der Waals surface area contributed by atoms with E-state index in [0.717, 1.165) is 10.0 Å². The zero-order chi connectivity index (χ0) is 14.7. The SMILES string of the molecule is Cc1ccccc1[C@H](C)NC(=O)c1ccc(N)c(Br)c1. The Balaban J connectivity index is 2.15. The van der Waals surface area contributed by atoms with Crippen molar-refractivity contribution in [3.8, 4) is 0 Å². The van der Waals surface area contributed by atoms with Gasteiger partial charge in [0.2, 0.25) is 0 Å². The molecule has 4 heteroatoms. The Morgan fingerprint density at radius 2 is 1.95 bits per heavy atom. The first-order valence-electron chi connectivity index (χ1n) is 6.40. The predicted molar refractivity (Wildman–Crippen MR) is 85.6 cm³/mol. The molecule has 2 aromatic rings. The molecule has 0 aliphatic rings. The summed E-state index contributed by atoms with van der Waals surface area (Å²) < 4.78 is 0.730. The summed E-state index contributed by atoms with van der Waals surface area (Å²) in [6.45, 7) is 4.02. The smallest absolute Gasteiger partial charge is 0.251 e. The third-order valence-electron chi connectivity index (χ3n) is 3.27. The number of amides is 1. The number of rotatable bonds is 3. The number of anilines is 1. The molecule has 104 valence electrons. The molecule has 2 aromatic carbocycles. The Labute approximate surface area is 127 Å². The number of hydrogen-bond acceptors (Lipinski definition) is 2. The fraction of sp³-hybridized carbons (Fsp3) is 0.188. The molecule has 0 fully saturated rings. The molecule has 2 rings (SSSR count). The van der Waals surface area contributed by atoms with E-state index in [4.69, 9.17) is 5.73 Å². The largest absolute Gasteiger partial charge is 0.398 e. The zero-order valence-corrected chi connectivity index (χ0v) is 13.1. The number of benzene rings is 2. The van der Waals surface area contributed by atoms with Crippen LogP contribution in [0.2, 0.25) is 0 Å². The Bertz CT molecular complexity index is 640. The molecule has 0 aliphatic carbocycles. The maximum absolute atomic E-state index is 12.2. The summed E-state index contributed by atoms with van der Waals surface area (Å²) in [5.41, 5.74) is 9.22. The molecule has 0 radical (unpaired) electrons. The minimum Gasteiger partial charge on any atom is -0.398 e. The number of nitrogens with two attached hydrogens (primary N) is 1. The number of nitrogen functional groups attached to an aromatic ring is 1. The van der Waals surface area contributed by atoms with E-state index in [1.54, 1.807) is 18.2 Å². The lowest BCUT2D eigenvalue weighted by Crippen LogP contribution is -2.27. The molecule has 1 atom stereocenters. The highest BCUT2D eigenvalue weighted by atomic mass is 79.9. The molecule has 0 aromatic heterocycles. The van der Waals surface area contributed by atoms with Gasteiger partial charge in [-0.05, 0) is 59.1 Å². The summed E-state index contributed by atoms with van der Waals surface area (Å²) in [6.07, 6.45) is 0. The molecule has 0 aliphatic heterocycles. The number of hydrogen-bond donors (Lipinski definition) is 2. The summed E-state index contributed by atoms with van der Waals surface area (Å²) >= 11 is 3.33. The lowest BCUT2D eigenvalue weighted by Gasteiger charge is -2.16. The molecule has 0 spiro atoms. The first kappa shape index (κ1) is 14.6. The van der Waals surface area contributed by atoms with E-state index < -0.39 is 0 Å². The summed E-state index contributed by atoms with van der Waals surface area (Å²) in [7, 11) is 0. The van der Waals surface area contributed by atoms with Crippen LogP contribution in [0.25, 0.3) is 0 Å². The fourth-order valence-electron chi connectivity index (χ4n) is 2.10. The molecule has 0 heterocycles. The minimum absolute atomic E-state index is 0.0416. The van der Waals surface area contributed by atoms with Crippen molar-refractivity contribution in [1.29, 1.82) is 0 Å². The van der Waals surface area contributed by atoms with Gasteiger partial charge in [-0.25, -0.2) is 0 Å². The third kappa shape index (κ3) is 3.20. The van der Waals surface area contributed by atoms with Gasteiger partial charge < -0.3 is 11.1 Å². The van der Waals surface area contributed by atoms with Crippen molar-refractivity contribution in [3.05, 3.63) is 63.6 Å². The Kier molecular flexibility index (Phi) is 4.45. The van der Waals surface area contributed by atoms with Gasteiger partial charge in [0.05, 0.1) is 6.04 Å². The molecule has 0 bridgehead atoms. The van der Waals surface area contributed by atoms with E-state index >= 15 is 0 Å². The zero-order valence-electron chi connectivity index (χ0n) is 11.5. The molecule has 1 amide bonds. The number of halogens is 1. The van der Waals surface area contributed by atoms with Crippen LogP contribution in [0.5, 0.6) is 0 Å². The van der Waals surface area contributed by atoms with Gasteiger partial charge in [0.25, 0.3) is 5.91 Å². The number of carbonyl (C=O) groups is 1. The van der Waals surface area contributed by atoms with Gasteiger partial charge in [-0.3, -0.25) is 4.79 Å². The minimum atomic E-state index is -0.110.